The first-order valence-corrected chi connectivity index (χ1v) is 14.3. The summed E-state index contributed by atoms with van der Waals surface area (Å²) >= 11 is 0. The van der Waals surface area contributed by atoms with Crippen molar-refractivity contribution in [1.82, 2.24) is 14.8 Å². The predicted molar refractivity (Wildman–Crippen MR) is 146 cm³/mol. The van der Waals surface area contributed by atoms with E-state index >= 15 is 4.39 Å². The number of pyridine rings is 1. The number of carbonyl (C=O) groups excluding carboxylic acids is 2. The molecule has 1 aromatic carbocycles. The molecule has 0 radical (unpaired) electrons. The van der Waals surface area contributed by atoms with Crippen LogP contribution in [0.15, 0.2) is 36.5 Å². The second-order valence-corrected chi connectivity index (χ2v) is 12.0. The van der Waals surface area contributed by atoms with Crippen molar-refractivity contribution in [2.24, 2.45) is 11.1 Å². The molecule has 3 aliphatic rings. The lowest BCUT2D eigenvalue weighted by Gasteiger charge is -2.48. The van der Waals surface area contributed by atoms with Crippen LogP contribution < -0.4 is 10.5 Å². The van der Waals surface area contributed by atoms with Gasteiger partial charge in [-0.05, 0) is 63.4 Å². The minimum Gasteiger partial charge on any atom is -0.490 e. The average Bonchev–Trinajstić information content (AvgIpc) is 3.24. The van der Waals surface area contributed by atoms with Crippen LogP contribution in [0.4, 0.5) is 17.6 Å². The van der Waals surface area contributed by atoms with E-state index in [1.807, 2.05) is 4.90 Å². The Hall–Kier alpha value is -3.25. The molecule has 3 fully saturated rings. The molecule has 12 heteroatoms. The predicted octanol–water partition coefficient (Wildman–Crippen LogP) is 4.30. The highest BCUT2D eigenvalue weighted by Gasteiger charge is 2.59. The fourth-order valence-corrected chi connectivity index (χ4v) is 6.39. The highest BCUT2D eigenvalue weighted by atomic mass is 19.4. The SMILES string of the molecule is C[C@@]1(C(N)=O)C[C@@H](O)CN1C(=O)c1ccc(-c2ccc(OCC3CCCCN3CC3(C(F)(F)F)CCC3)cn2)cc1F. The van der Waals surface area contributed by atoms with Crippen LogP contribution in [0.3, 0.4) is 0 Å². The number of amides is 2. The second kappa shape index (κ2) is 11.4. The first-order chi connectivity index (χ1) is 19.8. The summed E-state index contributed by atoms with van der Waals surface area (Å²) in [6.07, 6.45) is -0.182. The molecule has 2 saturated heterocycles. The number of benzene rings is 1. The van der Waals surface area contributed by atoms with Gasteiger partial charge in [0.25, 0.3) is 5.91 Å². The average molecular weight is 593 g/mol. The number of aromatic nitrogens is 1. The van der Waals surface area contributed by atoms with Gasteiger partial charge in [0.2, 0.25) is 5.91 Å². The third kappa shape index (κ3) is 5.70. The van der Waals surface area contributed by atoms with E-state index in [1.165, 1.54) is 31.3 Å². The molecule has 228 valence electrons. The Kier molecular flexibility index (Phi) is 8.23. The van der Waals surface area contributed by atoms with Gasteiger partial charge in [0.05, 0.1) is 29.0 Å². The number of hydrogen-bond donors (Lipinski definition) is 2. The molecule has 3 heterocycles. The number of alkyl halides is 3. The molecule has 3 N–H and O–H groups in total. The zero-order valence-corrected chi connectivity index (χ0v) is 23.5. The monoisotopic (exact) mass is 592 g/mol. The fraction of sp³-hybridized carbons (Fsp3) is 0.567. The number of halogens is 4. The number of aliphatic hydroxyl groups excluding tert-OH is 1. The van der Waals surface area contributed by atoms with Crippen molar-refractivity contribution in [3.63, 3.8) is 0 Å². The Morgan fingerprint density at radius 1 is 1.17 bits per heavy atom. The summed E-state index contributed by atoms with van der Waals surface area (Å²) in [4.78, 5) is 32.4. The Morgan fingerprint density at radius 3 is 2.52 bits per heavy atom. The number of aliphatic hydroxyl groups is 1. The Labute approximate surface area is 241 Å². The van der Waals surface area contributed by atoms with E-state index in [4.69, 9.17) is 10.5 Å². The van der Waals surface area contributed by atoms with Crippen molar-refractivity contribution in [2.45, 2.75) is 75.7 Å². The van der Waals surface area contributed by atoms with Gasteiger partial charge in [-0.1, -0.05) is 18.9 Å². The van der Waals surface area contributed by atoms with Gasteiger partial charge in [-0.3, -0.25) is 19.5 Å². The van der Waals surface area contributed by atoms with E-state index in [1.54, 1.807) is 12.1 Å². The first kappa shape index (κ1) is 30.2. The smallest absolute Gasteiger partial charge is 0.395 e. The van der Waals surface area contributed by atoms with Gasteiger partial charge in [0, 0.05) is 31.1 Å². The number of nitrogens with zero attached hydrogens (tertiary/aromatic N) is 3. The molecule has 2 aromatic rings. The largest absolute Gasteiger partial charge is 0.490 e. The summed E-state index contributed by atoms with van der Waals surface area (Å²) in [5.74, 6) is -1.89. The van der Waals surface area contributed by atoms with Crippen LogP contribution in [-0.2, 0) is 4.79 Å². The topological polar surface area (TPSA) is 109 Å². The highest BCUT2D eigenvalue weighted by Crippen LogP contribution is 2.53. The van der Waals surface area contributed by atoms with Crippen molar-refractivity contribution in [3.05, 3.63) is 47.9 Å². The summed E-state index contributed by atoms with van der Waals surface area (Å²) in [7, 11) is 0. The normalized spacial score (nSPS) is 26.1. The number of primary amides is 1. The number of piperidine rings is 1. The van der Waals surface area contributed by atoms with Crippen LogP contribution in [0, 0.1) is 11.2 Å². The summed E-state index contributed by atoms with van der Waals surface area (Å²) in [5.41, 5.74) is 3.01. The molecule has 1 saturated carbocycles. The summed E-state index contributed by atoms with van der Waals surface area (Å²) < 4.78 is 62.3. The molecule has 42 heavy (non-hydrogen) atoms. The van der Waals surface area contributed by atoms with Crippen molar-refractivity contribution in [1.29, 1.82) is 0 Å². The number of rotatable bonds is 8. The lowest BCUT2D eigenvalue weighted by atomic mass is 9.67. The van der Waals surface area contributed by atoms with Crippen LogP contribution in [0.5, 0.6) is 5.75 Å². The lowest BCUT2D eigenvalue weighted by Crippen LogP contribution is -2.56. The molecular weight excluding hydrogens is 556 g/mol. The van der Waals surface area contributed by atoms with E-state index in [9.17, 15) is 27.9 Å². The highest BCUT2D eigenvalue weighted by molar-refractivity contribution is 5.99. The van der Waals surface area contributed by atoms with Gasteiger partial charge >= 0.3 is 6.18 Å². The first-order valence-electron chi connectivity index (χ1n) is 14.3. The van der Waals surface area contributed by atoms with Gasteiger partial charge < -0.3 is 20.5 Å². The van der Waals surface area contributed by atoms with Crippen LogP contribution in [0.2, 0.25) is 0 Å². The number of hydrogen-bond acceptors (Lipinski definition) is 6. The number of likely N-dealkylation sites (tertiary alicyclic amines) is 2. The van der Waals surface area contributed by atoms with Crippen LogP contribution in [0.25, 0.3) is 11.3 Å². The number of carbonyl (C=O) groups is 2. The van der Waals surface area contributed by atoms with E-state index in [2.05, 4.69) is 4.98 Å². The third-order valence-electron chi connectivity index (χ3n) is 9.24. The number of nitrogens with two attached hydrogens (primary N) is 1. The van der Waals surface area contributed by atoms with E-state index in [0.717, 1.165) is 24.2 Å². The maximum absolute atomic E-state index is 15.1. The molecule has 0 bridgehead atoms. The molecule has 5 rings (SSSR count). The van der Waals surface area contributed by atoms with Gasteiger partial charge in [-0.25, -0.2) is 4.39 Å². The number of β-amino-alcohol motifs (C(OH)–C–C–N with tert-alkyl or cyclic N) is 1. The molecule has 0 spiro atoms. The molecule has 8 nitrogen and oxygen atoms in total. The molecule has 2 aliphatic heterocycles. The Morgan fingerprint density at radius 2 is 1.93 bits per heavy atom. The molecule has 1 aliphatic carbocycles. The van der Waals surface area contributed by atoms with E-state index in [-0.39, 0.29) is 50.6 Å². The zero-order chi connectivity index (χ0) is 30.3. The zero-order valence-electron chi connectivity index (χ0n) is 23.5. The maximum atomic E-state index is 15.1. The van der Waals surface area contributed by atoms with Crippen LogP contribution in [0.1, 0.15) is 62.2 Å². The van der Waals surface area contributed by atoms with Crippen molar-refractivity contribution < 1.29 is 37.0 Å². The van der Waals surface area contributed by atoms with Gasteiger partial charge in [-0.2, -0.15) is 13.2 Å². The van der Waals surface area contributed by atoms with E-state index in [0.29, 0.717) is 30.0 Å². The minimum absolute atomic E-state index is 0.00584. The summed E-state index contributed by atoms with van der Waals surface area (Å²) in [6.45, 7) is 2.18. The molecule has 3 atom stereocenters. The third-order valence-corrected chi connectivity index (χ3v) is 9.24. The number of ether oxygens (including phenoxy) is 1. The molecular formula is C30H36F4N4O4. The fourth-order valence-electron chi connectivity index (χ4n) is 6.39. The van der Waals surface area contributed by atoms with Crippen molar-refractivity contribution >= 4 is 11.8 Å². The van der Waals surface area contributed by atoms with Gasteiger partial charge in [-0.15, -0.1) is 0 Å². The van der Waals surface area contributed by atoms with Crippen LogP contribution >= 0.6 is 0 Å². The maximum Gasteiger partial charge on any atom is 0.395 e. The van der Waals surface area contributed by atoms with Gasteiger partial charge in [0.1, 0.15) is 23.7 Å². The van der Waals surface area contributed by atoms with Gasteiger partial charge in [0.15, 0.2) is 0 Å². The quantitative estimate of drug-likeness (QED) is 0.443. The van der Waals surface area contributed by atoms with Crippen LogP contribution in [-0.4, -0.2) is 81.8 Å². The molecule has 1 unspecified atom stereocenters. The second-order valence-electron chi connectivity index (χ2n) is 12.0. The lowest BCUT2D eigenvalue weighted by molar-refractivity contribution is -0.258. The van der Waals surface area contributed by atoms with Crippen molar-refractivity contribution in [3.8, 4) is 17.0 Å². The Bertz CT molecular complexity index is 1320. The van der Waals surface area contributed by atoms with Crippen molar-refractivity contribution in [2.75, 3.05) is 26.2 Å². The standard InChI is InChI=1S/C30H36F4N4O4/c1-28(27(35)41)14-21(39)16-38(28)26(40)23-8-6-19(13-24(23)31)25-9-7-22(15-36-25)42-17-20-5-2-3-12-37(20)18-29(10-4-11-29)30(32,33)34/h6-9,13,15,20-21,39H,2-5,10-12,14,16-18H2,1H3,(H2,35,41)/t20?,21-,28+/m1/s1. The minimum atomic E-state index is -4.21. The summed E-state index contributed by atoms with van der Waals surface area (Å²) in [5, 5.41) is 10.0. The Balaban J connectivity index is 1.23. The molecule has 2 amide bonds. The summed E-state index contributed by atoms with van der Waals surface area (Å²) in [6, 6.07) is 7.19. The van der Waals surface area contributed by atoms with E-state index < -0.39 is 40.9 Å². The molecule has 1 aromatic heterocycles.